The van der Waals surface area contributed by atoms with E-state index in [1.807, 2.05) is 0 Å². The van der Waals surface area contributed by atoms with Crippen molar-refractivity contribution < 1.29 is 4.74 Å². The van der Waals surface area contributed by atoms with Crippen LogP contribution in [0.2, 0.25) is 0 Å². The standard InChI is InChI=1S/C17H21NOS/c1-13-11-14(12-20-13)16(18)17(7-9-19-10-8-17)15-5-3-2-4-6-15/h2-6,11-12,16H,7-10,18H2,1H3. The van der Waals surface area contributed by atoms with Gasteiger partial charge < -0.3 is 10.5 Å². The summed E-state index contributed by atoms with van der Waals surface area (Å²) in [6.07, 6.45) is 1.99. The van der Waals surface area contributed by atoms with E-state index in [4.69, 9.17) is 10.5 Å². The lowest BCUT2D eigenvalue weighted by Gasteiger charge is -2.42. The molecule has 1 aliphatic rings. The molecule has 0 amide bonds. The molecule has 0 aliphatic carbocycles. The quantitative estimate of drug-likeness (QED) is 0.932. The van der Waals surface area contributed by atoms with E-state index >= 15 is 0 Å². The Balaban J connectivity index is 2.01. The van der Waals surface area contributed by atoms with Gasteiger partial charge in [-0.25, -0.2) is 0 Å². The zero-order valence-electron chi connectivity index (χ0n) is 11.8. The molecule has 1 atom stereocenters. The molecule has 1 aromatic heterocycles. The van der Waals surface area contributed by atoms with Gasteiger partial charge in [0.15, 0.2) is 0 Å². The average molecular weight is 287 g/mol. The topological polar surface area (TPSA) is 35.2 Å². The second-order valence-electron chi connectivity index (χ2n) is 5.60. The van der Waals surface area contributed by atoms with Crippen molar-refractivity contribution in [2.75, 3.05) is 13.2 Å². The van der Waals surface area contributed by atoms with Crippen molar-refractivity contribution in [1.82, 2.24) is 0 Å². The first kappa shape index (κ1) is 13.8. The van der Waals surface area contributed by atoms with E-state index in [0.717, 1.165) is 26.1 Å². The van der Waals surface area contributed by atoms with Crippen molar-refractivity contribution in [3.63, 3.8) is 0 Å². The highest BCUT2D eigenvalue weighted by Gasteiger charge is 2.40. The van der Waals surface area contributed by atoms with Crippen LogP contribution < -0.4 is 5.73 Å². The summed E-state index contributed by atoms with van der Waals surface area (Å²) in [4.78, 5) is 1.32. The van der Waals surface area contributed by atoms with Crippen molar-refractivity contribution in [1.29, 1.82) is 0 Å². The SMILES string of the molecule is Cc1cc(C(N)C2(c3ccccc3)CCOCC2)cs1. The third-order valence-electron chi connectivity index (χ3n) is 4.44. The summed E-state index contributed by atoms with van der Waals surface area (Å²) in [7, 11) is 0. The maximum absolute atomic E-state index is 6.70. The summed E-state index contributed by atoms with van der Waals surface area (Å²) < 4.78 is 5.58. The summed E-state index contributed by atoms with van der Waals surface area (Å²) >= 11 is 1.78. The van der Waals surface area contributed by atoms with Gasteiger partial charge in [-0.05, 0) is 42.3 Å². The molecule has 0 spiro atoms. The van der Waals surface area contributed by atoms with Crippen LogP contribution in [0.3, 0.4) is 0 Å². The molecular formula is C17H21NOS. The Labute approximate surface area is 124 Å². The number of thiophene rings is 1. The summed E-state index contributed by atoms with van der Waals surface area (Å²) in [5.74, 6) is 0. The zero-order chi connectivity index (χ0) is 14.0. The smallest absolute Gasteiger partial charge is 0.0475 e. The minimum atomic E-state index is 0.00697. The molecule has 1 saturated heterocycles. The Morgan fingerprint density at radius 1 is 1.20 bits per heavy atom. The normalized spacial score (nSPS) is 19.7. The second kappa shape index (κ2) is 5.68. The van der Waals surface area contributed by atoms with Crippen LogP contribution in [-0.4, -0.2) is 13.2 Å². The second-order valence-corrected chi connectivity index (χ2v) is 6.72. The highest BCUT2D eigenvalue weighted by molar-refractivity contribution is 7.10. The molecule has 2 nitrogen and oxygen atoms in total. The average Bonchev–Trinajstić information content (AvgIpc) is 2.94. The lowest BCUT2D eigenvalue weighted by atomic mass is 9.67. The molecule has 2 aromatic rings. The Hall–Kier alpha value is -1.16. The number of ether oxygens (including phenoxy) is 1. The van der Waals surface area contributed by atoms with E-state index in [9.17, 15) is 0 Å². The van der Waals surface area contributed by atoms with E-state index in [1.54, 1.807) is 11.3 Å². The van der Waals surface area contributed by atoms with Crippen molar-refractivity contribution in [2.45, 2.75) is 31.2 Å². The van der Waals surface area contributed by atoms with Gasteiger partial charge in [0.05, 0.1) is 0 Å². The molecule has 2 heterocycles. The van der Waals surface area contributed by atoms with Crippen molar-refractivity contribution in [3.05, 3.63) is 57.8 Å². The van der Waals surface area contributed by atoms with Crippen LogP contribution in [0.4, 0.5) is 0 Å². The van der Waals surface area contributed by atoms with Crippen LogP contribution >= 0.6 is 11.3 Å². The molecule has 3 heteroatoms. The monoisotopic (exact) mass is 287 g/mol. The van der Waals surface area contributed by atoms with Gasteiger partial charge in [0.2, 0.25) is 0 Å². The van der Waals surface area contributed by atoms with Crippen LogP contribution in [0.5, 0.6) is 0 Å². The number of nitrogens with two attached hydrogens (primary N) is 1. The molecule has 1 aliphatic heterocycles. The number of rotatable bonds is 3. The van der Waals surface area contributed by atoms with Crippen molar-refractivity contribution >= 4 is 11.3 Å². The first-order valence-corrected chi connectivity index (χ1v) is 8.04. The molecule has 1 unspecified atom stereocenters. The Morgan fingerprint density at radius 2 is 1.90 bits per heavy atom. The van der Waals surface area contributed by atoms with Crippen LogP contribution in [-0.2, 0) is 10.2 Å². The molecule has 3 rings (SSSR count). The van der Waals surface area contributed by atoms with Gasteiger partial charge in [0.25, 0.3) is 0 Å². The predicted octanol–water partition coefficient (Wildman–Crippen LogP) is 3.80. The highest BCUT2D eigenvalue weighted by atomic mass is 32.1. The van der Waals surface area contributed by atoms with Gasteiger partial charge in [0, 0.05) is 29.5 Å². The summed E-state index contributed by atoms with van der Waals surface area (Å²) in [5.41, 5.74) is 9.32. The molecular weight excluding hydrogens is 266 g/mol. The third-order valence-corrected chi connectivity index (χ3v) is 5.32. The van der Waals surface area contributed by atoms with Crippen LogP contribution in [0, 0.1) is 6.92 Å². The fourth-order valence-electron chi connectivity index (χ4n) is 3.23. The largest absolute Gasteiger partial charge is 0.381 e. The maximum atomic E-state index is 6.70. The van der Waals surface area contributed by atoms with Gasteiger partial charge in [-0.15, -0.1) is 11.3 Å². The summed E-state index contributed by atoms with van der Waals surface area (Å²) in [5, 5.41) is 2.21. The van der Waals surface area contributed by atoms with E-state index in [2.05, 4.69) is 48.7 Å². The fraction of sp³-hybridized carbons (Fsp3) is 0.412. The molecule has 1 aromatic carbocycles. The number of benzene rings is 1. The van der Waals surface area contributed by atoms with Gasteiger partial charge in [-0.3, -0.25) is 0 Å². The van der Waals surface area contributed by atoms with Gasteiger partial charge in [-0.1, -0.05) is 30.3 Å². The number of hydrogen-bond donors (Lipinski definition) is 1. The van der Waals surface area contributed by atoms with Crippen molar-refractivity contribution in [3.8, 4) is 0 Å². The minimum Gasteiger partial charge on any atom is -0.381 e. The molecule has 2 N–H and O–H groups in total. The van der Waals surface area contributed by atoms with Crippen LogP contribution in [0.25, 0.3) is 0 Å². The predicted molar refractivity (Wildman–Crippen MR) is 84.2 cm³/mol. The van der Waals surface area contributed by atoms with Crippen LogP contribution in [0.15, 0.2) is 41.8 Å². The Kier molecular flexibility index (Phi) is 3.92. The van der Waals surface area contributed by atoms with E-state index in [-0.39, 0.29) is 11.5 Å². The third kappa shape index (κ3) is 2.41. The first-order chi connectivity index (χ1) is 9.72. The lowest BCUT2D eigenvalue weighted by molar-refractivity contribution is 0.0398. The molecule has 0 radical (unpaired) electrons. The fourth-order valence-corrected chi connectivity index (χ4v) is 3.97. The highest BCUT2D eigenvalue weighted by Crippen LogP contribution is 2.44. The lowest BCUT2D eigenvalue weighted by Crippen LogP contribution is -2.43. The van der Waals surface area contributed by atoms with E-state index in [0.29, 0.717) is 0 Å². The van der Waals surface area contributed by atoms with E-state index < -0.39 is 0 Å². The number of hydrogen-bond acceptors (Lipinski definition) is 3. The summed E-state index contributed by atoms with van der Waals surface area (Å²) in [6, 6.07) is 13.0. The first-order valence-electron chi connectivity index (χ1n) is 7.16. The van der Waals surface area contributed by atoms with Gasteiger partial charge >= 0.3 is 0 Å². The zero-order valence-corrected chi connectivity index (χ0v) is 12.7. The molecule has 0 bridgehead atoms. The van der Waals surface area contributed by atoms with Gasteiger partial charge in [0.1, 0.15) is 0 Å². The Bertz CT molecular complexity index is 557. The number of aryl methyl sites for hydroxylation is 1. The van der Waals surface area contributed by atoms with E-state index in [1.165, 1.54) is 16.0 Å². The van der Waals surface area contributed by atoms with Gasteiger partial charge in [-0.2, -0.15) is 0 Å². The molecule has 0 saturated carbocycles. The maximum Gasteiger partial charge on any atom is 0.0475 e. The minimum absolute atomic E-state index is 0.00697. The molecule has 106 valence electrons. The summed E-state index contributed by atoms with van der Waals surface area (Å²) in [6.45, 7) is 3.73. The van der Waals surface area contributed by atoms with Crippen molar-refractivity contribution in [2.24, 2.45) is 5.73 Å². The van der Waals surface area contributed by atoms with Crippen LogP contribution in [0.1, 0.15) is 34.9 Å². The molecule has 1 fully saturated rings. The Morgan fingerprint density at radius 3 is 2.50 bits per heavy atom. The molecule has 20 heavy (non-hydrogen) atoms.